The number of para-hydroxylation sites is 1. The van der Waals surface area contributed by atoms with Crippen molar-refractivity contribution in [2.75, 3.05) is 13.1 Å². The van der Waals surface area contributed by atoms with Crippen LogP contribution in [-0.4, -0.2) is 28.8 Å². The fraction of sp³-hybridized carbons (Fsp3) is 0.273. The molecule has 142 valence electrons. The number of benzene rings is 2. The lowest BCUT2D eigenvalue weighted by atomic mass is 10.0. The van der Waals surface area contributed by atoms with Crippen molar-refractivity contribution < 1.29 is 4.79 Å². The normalized spacial score (nSPS) is 11.8. The summed E-state index contributed by atoms with van der Waals surface area (Å²) >= 11 is 0. The highest BCUT2D eigenvalue weighted by Gasteiger charge is 2.22. The number of Topliss-reactive ketones (excluding diaryl/α,β-unsaturated/α-hetero) is 1. The van der Waals surface area contributed by atoms with Gasteiger partial charge in [0.15, 0.2) is 11.7 Å². The van der Waals surface area contributed by atoms with Crippen molar-refractivity contribution in [1.29, 1.82) is 5.26 Å². The number of fused-ring (bicyclic) bond motifs is 1. The Hall–Kier alpha value is -3.30. The first kappa shape index (κ1) is 19.5. The number of hydrogen-bond acceptors (Lipinski definition) is 5. The molecule has 0 saturated carbocycles. The van der Waals surface area contributed by atoms with Gasteiger partial charge in [0, 0.05) is 6.42 Å². The number of ketones is 1. The molecule has 0 bridgehead atoms. The molecule has 0 saturated heterocycles. The zero-order valence-electron chi connectivity index (χ0n) is 15.5. The second kappa shape index (κ2) is 9.58. The number of aromatic nitrogens is 2. The number of nitrogens with one attached hydrogen (secondary N) is 2. The number of nitrogens with zero attached hydrogens (tertiary/aromatic N) is 2. The molecule has 1 atom stereocenters. The monoisotopic (exact) mass is 374 g/mol. The van der Waals surface area contributed by atoms with Gasteiger partial charge in [0.05, 0.1) is 17.0 Å². The number of rotatable bonds is 9. The summed E-state index contributed by atoms with van der Waals surface area (Å²) in [4.78, 5) is 31.5. The minimum atomic E-state index is -1.05. The Kier molecular flexibility index (Phi) is 6.66. The molecule has 6 heteroatoms. The highest BCUT2D eigenvalue weighted by Crippen LogP contribution is 2.16. The highest BCUT2D eigenvalue weighted by atomic mass is 16.1. The van der Waals surface area contributed by atoms with Crippen LogP contribution in [-0.2, 0) is 11.2 Å². The van der Waals surface area contributed by atoms with Crippen LogP contribution in [0.3, 0.4) is 0 Å². The van der Waals surface area contributed by atoms with E-state index in [1.807, 2.05) is 24.3 Å². The number of hydrogen-bond donors (Lipinski definition) is 2. The first-order chi connectivity index (χ1) is 13.7. The molecular weight excluding hydrogens is 352 g/mol. The quantitative estimate of drug-likeness (QED) is 0.561. The van der Waals surface area contributed by atoms with Crippen LogP contribution >= 0.6 is 0 Å². The van der Waals surface area contributed by atoms with Gasteiger partial charge in [0.2, 0.25) is 0 Å². The van der Waals surface area contributed by atoms with Crippen LogP contribution in [0, 0.1) is 11.3 Å². The average Bonchev–Trinajstić information content (AvgIpc) is 2.72. The van der Waals surface area contributed by atoms with Gasteiger partial charge in [-0.05, 0) is 43.6 Å². The summed E-state index contributed by atoms with van der Waals surface area (Å²) in [5, 5.41) is 13.2. The predicted molar refractivity (Wildman–Crippen MR) is 108 cm³/mol. The summed E-state index contributed by atoms with van der Waals surface area (Å²) < 4.78 is 0. The number of nitriles is 1. The Labute approximate surface area is 163 Å². The molecule has 0 aliphatic rings. The van der Waals surface area contributed by atoms with Crippen LogP contribution in [0.15, 0.2) is 59.4 Å². The summed E-state index contributed by atoms with van der Waals surface area (Å²) in [6, 6.07) is 19.0. The summed E-state index contributed by atoms with van der Waals surface area (Å²) in [7, 11) is 0. The van der Waals surface area contributed by atoms with Gasteiger partial charge in [0.25, 0.3) is 5.56 Å². The first-order valence-electron chi connectivity index (χ1n) is 9.35. The molecule has 0 unspecified atom stereocenters. The third-order valence-electron chi connectivity index (χ3n) is 4.57. The summed E-state index contributed by atoms with van der Waals surface area (Å²) in [6.07, 6.45) is 1.81. The third-order valence-corrected chi connectivity index (χ3v) is 4.57. The summed E-state index contributed by atoms with van der Waals surface area (Å²) in [5.74, 6) is -1.17. The summed E-state index contributed by atoms with van der Waals surface area (Å²) in [6.45, 7) is 1.53. The second-order valence-electron chi connectivity index (χ2n) is 6.59. The van der Waals surface area contributed by atoms with Crippen LogP contribution in [0.1, 0.15) is 30.1 Å². The van der Waals surface area contributed by atoms with E-state index in [0.717, 1.165) is 13.0 Å². The minimum absolute atomic E-state index is 0.119. The average molecular weight is 374 g/mol. The van der Waals surface area contributed by atoms with E-state index in [2.05, 4.69) is 27.4 Å². The van der Waals surface area contributed by atoms with Gasteiger partial charge in [-0.3, -0.25) is 9.59 Å². The molecule has 0 aliphatic heterocycles. The predicted octanol–water partition coefficient (Wildman–Crippen LogP) is 2.71. The number of carbonyl (C=O) groups is 1. The molecule has 0 amide bonds. The maximum atomic E-state index is 12.5. The molecule has 0 fully saturated rings. The molecule has 3 rings (SSSR count). The Morgan fingerprint density at radius 1 is 1.11 bits per heavy atom. The van der Waals surface area contributed by atoms with E-state index in [1.54, 1.807) is 24.3 Å². The minimum Gasteiger partial charge on any atom is -0.316 e. The fourth-order valence-corrected chi connectivity index (χ4v) is 3.06. The van der Waals surface area contributed by atoms with E-state index in [4.69, 9.17) is 0 Å². The number of carbonyl (C=O) groups excluding carboxylic acids is 1. The van der Waals surface area contributed by atoms with Gasteiger partial charge >= 0.3 is 0 Å². The van der Waals surface area contributed by atoms with Crippen LogP contribution in [0.4, 0.5) is 0 Å². The van der Waals surface area contributed by atoms with E-state index in [1.165, 1.54) is 5.56 Å². The van der Waals surface area contributed by atoms with E-state index in [0.29, 0.717) is 23.9 Å². The Morgan fingerprint density at radius 3 is 2.64 bits per heavy atom. The van der Waals surface area contributed by atoms with Crippen LogP contribution in [0.5, 0.6) is 0 Å². The van der Waals surface area contributed by atoms with Gasteiger partial charge in [-0.1, -0.05) is 42.5 Å². The molecule has 6 nitrogen and oxygen atoms in total. The van der Waals surface area contributed by atoms with Crippen LogP contribution in [0.2, 0.25) is 0 Å². The van der Waals surface area contributed by atoms with Gasteiger partial charge in [-0.25, -0.2) is 4.98 Å². The van der Waals surface area contributed by atoms with Crippen molar-refractivity contribution in [3.05, 3.63) is 76.3 Å². The Morgan fingerprint density at radius 2 is 1.86 bits per heavy atom. The molecule has 1 heterocycles. The molecule has 0 spiro atoms. The molecule has 3 aromatic rings. The maximum Gasteiger partial charge on any atom is 0.258 e. The lowest BCUT2D eigenvalue weighted by Crippen LogP contribution is -2.22. The van der Waals surface area contributed by atoms with Crippen molar-refractivity contribution >= 4 is 16.7 Å². The Bertz CT molecular complexity index is 1040. The number of aromatic amines is 1. The van der Waals surface area contributed by atoms with E-state index >= 15 is 0 Å². The molecular formula is C22H22N4O2. The molecule has 28 heavy (non-hydrogen) atoms. The zero-order valence-corrected chi connectivity index (χ0v) is 15.5. The first-order valence-corrected chi connectivity index (χ1v) is 9.35. The van der Waals surface area contributed by atoms with Crippen LogP contribution in [0.25, 0.3) is 10.9 Å². The van der Waals surface area contributed by atoms with E-state index in [9.17, 15) is 14.9 Å². The third kappa shape index (κ3) is 4.90. The van der Waals surface area contributed by atoms with Crippen molar-refractivity contribution in [3.63, 3.8) is 0 Å². The topological polar surface area (TPSA) is 98.6 Å². The SMILES string of the molecule is N#C[C@H](C(=O)CCCNCCc1ccccc1)c1nc2ccccc2c(=O)[nH]1. The van der Waals surface area contributed by atoms with Crippen molar-refractivity contribution in [2.24, 2.45) is 0 Å². The largest absolute Gasteiger partial charge is 0.316 e. The molecule has 1 aromatic heterocycles. The fourth-order valence-electron chi connectivity index (χ4n) is 3.06. The molecule has 2 aromatic carbocycles. The van der Waals surface area contributed by atoms with Crippen molar-refractivity contribution in [3.8, 4) is 6.07 Å². The standard InChI is InChI=1S/C22H22N4O2/c23-15-18(21-25-19-10-5-4-9-17(19)22(28)26-21)20(27)11-6-13-24-14-12-16-7-2-1-3-8-16/h1-5,7-10,18,24H,6,11-14H2,(H,25,26,28)/t18-/m1/s1. The lowest BCUT2D eigenvalue weighted by molar-refractivity contribution is -0.119. The molecule has 0 radical (unpaired) electrons. The number of H-pyrrole nitrogens is 1. The van der Waals surface area contributed by atoms with E-state index < -0.39 is 5.92 Å². The second-order valence-corrected chi connectivity index (χ2v) is 6.59. The lowest BCUT2D eigenvalue weighted by Gasteiger charge is -2.09. The zero-order chi connectivity index (χ0) is 19.8. The van der Waals surface area contributed by atoms with Crippen LogP contribution < -0.4 is 10.9 Å². The summed E-state index contributed by atoms with van der Waals surface area (Å²) in [5.41, 5.74) is 1.41. The van der Waals surface area contributed by atoms with Gasteiger partial charge in [-0.15, -0.1) is 0 Å². The van der Waals surface area contributed by atoms with Gasteiger partial charge in [-0.2, -0.15) is 5.26 Å². The molecule has 0 aliphatic carbocycles. The highest BCUT2D eigenvalue weighted by molar-refractivity contribution is 5.88. The van der Waals surface area contributed by atoms with Crippen molar-refractivity contribution in [1.82, 2.24) is 15.3 Å². The smallest absolute Gasteiger partial charge is 0.258 e. The maximum absolute atomic E-state index is 12.5. The van der Waals surface area contributed by atoms with Gasteiger partial charge in [0.1, 0.15) is 5.82 Å². The van der Waals surface area contributed by atoms with Crippen molar-refractivity contribution in [2.45, 2.75) is 25.2 Å². The molecule has 2 N–H and O–H groups in total. The van der Waals surface area contributed by atoms with E-state index in [-0.39, 0.29) is 23.6 Å². The van der Waals surface area contributed by atoms with Gasteiger partial charge < -0.3 is 10.3 Å². The Balaban J connectivity index is 1.51.